The van der Waals surface area contributed by atoms with Crippen molar-refractivity contribution in [3.63, 3.8) is 0 Å². The van der Waals surface area contributed by atoms with Gasteiger partial charge in [-0.1, -0.05) is 29.8 Å². The lowest BCUT2D eigenvalue weighted by atomic mass is 9.97. The number of anilines is 1. The van der Waals surface area contributed by atoms with Crippen molar-refractivity contribution in [1.82, 2.24) is 20.0 Å². The molecule has 2 aromatic carbocycles. The number of hydrogen-bond acceptors (Lipinski definition) is 6. The quantitative estimate of drug-likeness (QED) is 0.453. The van der Waals surface area contributed by atoms with Crippen LogP contribution in [0.25, 0.3) is 10.8 Å². The fourth-order valence-corrected chi connectivity index (χ4v) is 6.22. The fraction of sp³-hybridized carbons (Fsp3) is 0.433. The second-order valence-corrected chi connectivity index (χ2v) is 12.3. The number of rotatable bonds is 4. The molecule has 0 spiro atoms. The van der Waals surface area contributed by atoms with Crippen LogP contribution >= 0.6 is 11.6 Å². The SMILES string of the molecule is CC(C)(C)OC(=O)N1CCC(n2cc(Cc3ccc4c5c(cccc35)C(=O)N4C3CCC(=O)NC3=O)c(Cl)n2)CC1. The normalized spacial score (nSPS) is 19.7. The molecule has 214 valence electrons. The standard InChI is InChI=1S/C30H32ClN5O5/c1-30(2,3)41-29(40)34-13-11-19(12-14-34)35-16-18(26(31)33-35)15-17-7-8-22-25-20(17)5-4-6-21(25)28(39)36(22)23-9-10-24(37)32-27(23)38/h4-8,16,19,23H,9-15H2,1-3H3,(H,32,37,38). The highest BCUT2D eigenvalue weighted by molar-refractivity contribution is 6.30. The first-order chi connectivity index (χ1) is 19.5. The molecule has 1 atom stereocenters. The van der Waals surface area contributed by atoms with Crippen LogP contribution in [0.5, 0.6) is 0 Å². The average Bonchev–Trinajstić information content (AvgIpc) is 3.42. The molecule has 6 rings (SSSR count). The second kappa shape index (κ2) is 10.2. The van der Waals surface area contributed by atoms with E-state index in [-0.39, 0.29) is 30.4 Å². The van der Waals surface area contributed by atoms with Gasteiger partial charge in [0.2, 0.25) is 11.8 Å². The lowest BCUT2D eigenvalue weighted by Gasteiger charge is -2.33. The molecule has 1 unspecified atom stereocenters. The topological polar surface area (TPSA) is 114 Å². The Morgan fingerprint density at radius 2 is 1.83 bits per heavy atom. The van der Waals surface area contributed by atoms with Crippen LogP contribution < -0.4 is 10.2 Å². The molecule has 10 nitrogen and oxygen atoms in total. The number of imide groups is 1. The number of carbonyl (C=O) groups is 4. The molecule has 3 aliphatic rings. The zero-order chi connectivity index (χ0) is 29.1. The van der Waals surface area contributed by atoms with Crippen molar-refractivity contribution >= 4 is 51.9 Å². The lowest BCUT2D eigenvalue weighted by Crippen LogP contribution is -2.53. The summed E-state index contributed by atoms with van der Waals surface area (Å²) in [5.41, 5.74) is 2.55. The van der Waals surface area contributed by atoms with Gasteiger partial charge in [-0.3, -0.25) is 29.3 Å². The van der Waals surface area contributed by atoms with Gasteiger partial charge in [-0.2, -0.15) is 5.10 Å². The van der Waals surface area contributed by atoms with Crippen molar-refractivity contribution < 1.29 is 23.9 Å². The smallest absolute Gasteiger partial charge is 0.410 e. The zero-order valence-corrected chi connectivity index (χ0v) is 24.0. The van der Waals surface area contributed by atoms with Crippen molar-refractivity contribution in [1.29, 1.82) is 0 Å². The predicted octanol–water partition coefficient (Wildman–Crippen LogP) is 4.62. The number of piperidine rings is 2. The summed E-state index contributed by atoms with van der Waals surface area (Å²) in [6, 6.07) is 8.83. The first-order valence-corrected chi connectivity index (χ1v) is 14.3. The van der Waals surface area contributed by atoms with Crippen molar-refractivity contribution in [2.24, 2.45) is 0 Å². The minimum Gasteiger partial charge on any atom is -0.444 e. The van der Waals surface area contributed by atoms with Crippen molar-refractivity contribution in [2.75, 3.05) is 18.0 Å². The maximum atomic E-state index is 13.4. The number of amides is 4. The number of benzene rings is 2. The van der Waals surface area contributed by atoms with E-state index in [0.29, 0.717) is 42.3 Å². The van der Waals surface area contributed by atoms with Crippen molar-refractivity contribution in [3.8, 4) is 0 Å². The van der Waals surface area contributed by atoms with E-state index in [1.807, 2.05) is 55.9 Å². The molecular weight excluding hydrogens is 546 g/mol. The van der Waals surface area contributed by atoms with Gasteiger partial charge in [0.1, 0.15) is 11.6 Å². The highest BCUT2D eigenvalue weighted by Crippen LogP contribution is 2.41. The molecule has 11 heteroatoms. The lowest BCUT2D eigenvalue weighted by molar-refractivity contribution is -0.134. The first kappa shape index (κ1) is 27.3. The molecular formula is C30H32ClN5O5. The number of likely N-dealkylation sites (tertiary alicyclic amines) is 1. The van der Waals surface area contributed by atoms with Crippen LogP contribution in [0.2, 0.25) is 5.15 Å². The van der Waals surface area contributed by atoms with Gasteiger partial charge in [-0.25, -0.2) is 4.79 Å². The number of aromatic nitrogens is 2. The van der Waals surface area contributed by atoms with Crippen LogP contribution in [0, 0.1) is 0 Å². The van der Waals surface area contributed by atoms with Gasteiger partial charge < -0.3 is 9.64 Å². The number of carbonyl (C=O) groups excluding carboxylic acids is 4. The molecule has 4 amide bonds. The minimum absolute atomic E-state index is 0.118. The van der Waals surface area contributed by atoms with Gasteiger partial charge in [0, 0.05) is 48.6 Å². The number of halogens is 1. The maximum Gasteiger partial charge on any atom is 0.410 e. The van der Waals surface area contributed by atoms with Crippen LogP contribution in [0.15, 0.2) is 36.5 Å². The molecule has 41 heavy (non-hydrogen) atoms. The number of hydrogen-bond donors (Lipinski definition) is 1. The van der Waals surface area contributed by atoms with Crippen molar-refractivity contribution in [2.45, 2.75) is 70.6 Å². The van der Waals surface area contributed by atoms with Crippen LogP contribution in [0.1, 0.15) is 74.0 Å². The van der Waals surface area contributed by atoms with E-state index < -0.39 is 17.6 Å². The predicted molar refractivity (Wildman–Crippen MR) is 153 cm³/mol. The second-order valence-electron chi connectivity index (χ2n) is 11.9. The van der Waals surface area contributed by atoms with Gasteiger partial charge in [-0.15, -0.1) is 0 Å². The third-order valence-corrected chi connectivity index (χ3v) is 8.29. The van der Waals surface area contributed by atoms with Crippen LogP contribution in [-0.4, -0.2) is 63.2 Å². The zero-order valence-electron chi connectivity index (χ0n) is 23.3. The Labute approximate surface area is 242 Å². The Morgan fingerprint density at radius 3 is 2.54 bits per heavy atom. The molecule has 0 bridgehead atoms. The molecule has 3 aromatic rings. The minimum atomic E-state index is -0.726. The monoisotopic (exact) mass is 577 g/mol. The molecule has 1 aromatic heterocycles. The Kier molecular flexibility index (Phi) is 6.76. The summed E-state index contributed by atoms with van der Waals surface area (Å²) in [5.74, 6) is -1.00. The summed E-state index contributed by atoms with van der Waals surface area (Å²) in [4.78, 5) is 53.4. The van der Waals surface area contributed by atoms with E-state index in [9.17, 15) is 19.2 Å². The van der Waals surface area contributed by atoms with Crippen LogP contribution in [0.3, 0.4) is 0 Å². The van der Waals surface area contributed by atoms with Gasteiger partial charge in [0.25, 0.3) is 5.91 Å². The summed E-state index contributed by atoms with van der Waals surface area (Å²) < 4.78 is 7.41. The van der Waals surface area contributed by atoms with Gasteiger partial charge in [-0.05, 0) is 63.1 Å². The molecule has 0 radical (unpaired) electrons. The van der Waals surface area contributed by atoms with Gasteiger partial charge >= 0.3 is 6.09 Å². The number of nitrogens with zero attached hydrogens (tertiary/aromatic N) is 4. The van der Waals surface area contributed by atoms with E-state index in [1.54, 1.807) is 11.0 Å². The molecule has 2 saturated heterocycles. The summed E-state index contributed by atoms with van der Waals surface area (Å²) >= 11 is 6.62. The molecule has 3 aliphatic heterocycles. The summed E-state index contributed by atoms with van der Waals surface area (Å²) in [6.07, 6.45) is 4.17. The third kappa shape index (κ3) is 5.05. The third-order valence-electron chi connectivity index (χ3n) is 7.97. The number of nitrogens with one attached hydrogen (secondary N) is 1. The molecule has 0 saturated carbocycles. The maximum absolute atomic E-state index is 13.4. The molecule has 0 aliphatic carbocycles. The van der Waals surface area contributed by atoms with Gasteiger partial charge in [0.15, 0.2) is 5.15 Å². The van der Waals surface area contributed by atoms with E-state index in [2.05, 4.69) is 10.4 Å². The summed E-state index contributed by atoms with van der Waals surface area (Å²) in [7, 11) is 0. The Hall–Kier alpha value is -3.92. The summed E-state index contributed by atoms with van der Waals surface area (Å²) in [6.45, 7) is 6.75. The average molecular weight is 578 g/mol. The van der Waals surface area contributed by atoms with Crippen LogP contribution in [-0.2, 0) is 20.7 Å². The number of ether oxygens (including phenoxy) is 1. The Bertz CT molecular complexity index is 1580. The fourth-order valence-electron chi connectivity index (χ4n) is 6.02. The largest absolute Gasteiger partial charge is 0.444 e. The van der Waals surface area contributed by atoms with Crippen molar-refractivity contribution in [3.05, 3.63) is 58.4 Å². The Balaban J connectivity index is 1.22. The molecule has 1 N–H and O–H groups in total. The molecule has 4 heterocycles. The van der Waals surface area contributed by atoms with E-state index in [1.165, 1.54) is 4.90 Å². The van der Waals surface area contributed by atoms with Gasteiger partial charge in [0.05, 0.1) is 11.7 Å². The van der Waals surface area contributed by atoms with Crippen LogP contribution in [0.4, 0.5) is 10.5 Å². The summed E-state index contributed by atoms with van der Waals surface area (Å²) in [5, 5.41) is 9.10. The molecule has 2 fully saturated rings. The first-order valence-electron chi connectivity index (χ1n) is 13.9. The highest BCUT2D eigenvalue weighted by Gasteiger charge is 2.41. The van der Waals surface area contributed by atoms with E-state index >= 15 is 0 Å². The highest BCUT2D eigenvalue weighted by atomic mass is 35.5. The Morgan fingerprint density at radius 1 is 1.07 bits per heavy atom. The van der Waals surface area contributed by atoms with E-state index in [4.69, 9.17) is 16.3 Å². The van der Waals surface area contributed by atoms with E-state index in [0.717, 1.165) is 34.7 Å².